The predicted molar refractivity (Wildman–Crippen MR) is 117 cm³/mol. The van der Waals surface area contributed by atoms with Crippen LogP contribution in [0.25, 0.3) is 0 Å². The van der Waals surface area contributed by atoms with Crippen LogP contribution in [0.1, 0.15) is 49.8 Å². The molecule has 1 aromatic heterocycles. The van der Waals surface area contributed by atoms with Gasteiger partial charge in [0.2, 0.25) is 11.8 Å². The van der Waals surface area contributed by atoms with Crippen molar-refractivity contribution in [2.45, 2.75) is 49.4 Å². The molecule has 0 unspecified atom stereocenters. The first-order valence-corrected chi connectivity index (χ1v) is 11.2. The van der Waals surface area contributed by atoms with Gasteiger partial charge in [0.1, 0.15) is 11.2 Å². The molecule has 2 aromatic rings. The smallest absolute Gasteiger partial charge is 0.233 e. The molecule has 4 rings (SSSR count). The number of pyridine rings is 1. The summed E-state index contributed by atoms with van der Waals surface area (Å²) in [4.78, 5) is 33.4. The number of hydrogen-bond acceptors (Lipinski definition) is 3. The van der Waals surface area contributed by atoms with Crippen molar-refractivity contribution in [2.24, 2.45) is 0 Å². The Kier molecular flexibility index (Phi) is 6.02. The largest absolute Gasteiger partial charge is 0.358 e. The van der Waals surface area contributed by atoms with Gasteiger partial charge in [-0.1, -0.05) is 36.6 Å². The average molecular weight is 444 g/mol. The van der Waals surface area contributed by atoms with E-state index < -0.39 is 16.6 Å². The molecule has 1 atom stereocenters. The second-order valence-corrected chi connectivity index (χ2v) is 9.03. The molecule has 2 aliphatic rings. The van der Waals surface area contributed by atoms with Crippen molar-refractivity contribution in [3.05, 3.63) is 64.7 Å². The van der Waals surface area contributed by atoms with Crippen molar-refractivity contribution in [2.75, 3.05) is 20.1 Å². The van der Waals surface area contributed by atoms with Crippen LogP contribution in [-0.2, 0) is 20.4 Å². The molecule has 0 bridgehead atoms. The van der Waals surface area contributed by atoms with Gasteiger partial charge in [-0.25, -0.2) is 4.39 Å². The number of carbonyl (C=O) groups is 2. The number of hydrogen-bond donors (Lipinski definition) is 1. The van der Waals surface area contributed by atoms with Crippen molar-refractivity contribution in [3.8, 4) is 0 Å². The zero-order valence-electron chi connectivity index (χ0n) is 17.7. The third-order valence-electron chi connectivity index (χ3n) is 6.91. The second-order valence-electron chi connectivity index (χ2n) is 8.62. The molecule has 164 valence electrons. The zero-order valence-corrected chi connectivity index (χ0v) is 18.4. The van der Waals surface area contributed by atoms with Crippen LogP contribution in [0.3, 0.4) is 0 Å². The molecule has 1 aliphatic carbocycles. The van der Waals surface area contributed by atoms with E-state index >= 15 is 0 Å². The minimum atomic E-state index is -0.893. The molecule has 5 nitrogen and oxygen atoms in total. The van der Waals surface area contributed by atoms with Crippen molar-refractivity contribution in [1.82, 2.24) is 15.2 Å². The van der Waals surface area contributed by atoms with E-state index in [1.807, 2.05) is 18.2 Å². The standard InChI is InChI=1S/C24H27ClFN3O2/c1-27-21(30)24(20-7-2-5-13-28-20)12-6-14-29(16-24)22(31)23(10-3-4-11-23)18-9-8-17(26)15-19(18)25/h2,5,7-9,13,15H,3-4,6,10-12,14,16H2,1H3,(H,27,30)/t24-/m0/s1. The number of likely N-dealkylation sites (tertiary alicyclic amines) is 1. The number of carbonyl (C=O) groups excluding carboxylic acids is 2. The fraction of sp³-hybridized carbons (Fsp3) is 0.458. The number of rotatable bonds is 4. The zero-order chi connectivity index (χ0) is 22.1. The van der Waals surface area contributed by atoms with Crippen molar-refractivity contribution < 1.29 is 14.0 Å². The molecule has 2 heterocycles. The predicted octanol–water partition coefficient (Wildman–Crippen LogP) is 3.99. The molecule has 2 fully saturated rings. The maximum Gasteiger partial charge on any atom is 0.233 e. The molecule has 1 aromatic carbocycles. The number of nitrogens with zero attached hydrogens (tertiary/aromatic N) is 2. The van der Waals surface area contributed by atoms with Gasteiger partial charge < -0.3 is 10.2 Å². The molecule has 1 saturated carbocycles. The van der Waals surface area contributed by atoms with Crippen molar-refractivity contribution >= 4 is 23.4 Å². The Labute approximate surface area is 187 Å². The highest BCUT2D eigenvalue weighted by Gasteiger charge is 2.51. The molecule has 1 saturated heterocycles. The molecule has 7 heteroatoms. The first-order chi connectivity index (χ1) is 14.9. The fourth-order valence-electron chi connectivity index (χ4n) is 5.38. The lowest BCUT2D eigenvalue weighted by atomic mass is 9.73. The van der Waals surface area contributed by atoms with E-state index in [1.54, 1.807) is 24.2 Å². The van der Waals surface area contributed by atoms with Gasteiger partial charge in [0, 0.05) is 31.4 Å². The fourth-order valence-corrected chi connectivity index (χ4v) is 5.73. The number of nitrogens with one attached hydrogen (secondary N) is 1. The molecule has 1 N–H and O–H groups in total. The van der Waals surface area contributed by atoms with Gasteiger partial charge >= 0.3 is 0 Å². The van der Waals surface area contributed by atoms with Crippen LogP contribution in [0, 0.1) is 5.82 Å². The maximum absolute atomic E-state index is 14.0. The highest BCUT2D eigenvalue weighted by molar-refractivity contribution is 6.31. The van der Waals surface area contributed by atoms with E-state index in [4.69, 9.17) is 11.6 Å². The Morgan fingerprint density at radius 1 is 1.10 bits per heavy atom. The van der Waals surface area contributed by atoms with Gasteiger partial charge in [-0.2, -0.15) is 0 Å². The molecule has 0 spiro atoms. The van der Waals surface area contributed by atoms with Crippen LogP contribution in [0.15, 0.2) is 42.6 Å². The SMILES string of the molecule is CNC(=O)[C@@]1(c2ccccn2)CCCN(C(=O)C2(c3ccc(F)cc3Cl)CCCC2)C1. The van der Waals surface area contributed by atoms with Crippen LogP contribution in [0.4, 0.5) is 4.39 Å². The lowest BCUT2D eigenvalue weighted by Gasteiger charge is -2.44. The summed E-state index contributed by atoms with van der Waals surface area (Å²) in [5.41, 5.74) is -0.309. The Balaban J connectivity index is 1.72. The minimum Gasteiger partial charge on any atom is -0.358 e. The van der Waals surface area contributed by atoms with Gasteiger partial charge in [0.15, 0.2) is 0 Å². The third-order valence-corrected chi connectivity index (χ3v) is 7.22. The molecule has 31 heavy (non-hydrogen) atoms. The van der Waals surface area contributed by atoms with Crippen LogP contribution in [-0.4, -0.2) is 41.8 Å². The molecular formula is C24H27ClFN3O2. The molecule has 0 radical (unpaired) electrons. The highest BCUT2D eigenvalue weighted by Crippen LogP contribution is 2.46. The van der Waals surface area contributed by atoms with Gasteiger partial charge in [0.25, 0.3) is 0 Å². The summed E-state index contributed by atoms with van der Waals surface area (Å²) < 4.78 is 13.7. The number of benzene rings is 1. The van der Waals surface area contributed by atoms with Gasteiger partial charge in [0.05, 0.1) is 11.1 Å². The van der Waals surface area contributed by atoms with Crippen molar-refractivity contribution in [3.63, 3.8) is 0 Å². The first-order valence-electron chi connectivity index (χ1n) is 10.8. The molecule has 1 aliphatic heterocycles. The summed E-state index contributed by atoms with van der Waals surface area (Å²) in [6.45, 7) is 0.841. The summed E-state index contributed by atoms with van der Waals surface area (Å²) in [6, 6.07) is 9.83. The number of aromatic nitrogens is 1. The van der Waals surface area contributed by atoms with Crippen LogP contribution in [0.2, 0.25) is 5.02 Å². The summed E-state index contributed by atoms with van der Waals surface area (Å²) in [5.74, 6) is -0.576. The monoisotopic (exact) mass is 443 g/mol. The lowest BCUT2D eigenvalue weighted by molar-refractivity contribution is -0.142. The summed E-state index contributed by atoms with van der Waals surface area (Å²) in [7, 11) is 1.62. The lowest BCUT2D eigenvalue weighted by Crippen LogP contribution is -2.58. The Morgan fingerprint density at radius 2 is 1.84 bits per heavy atom. The van der Waals surface area contributed by atoms with E-state index in [9.17, 15) is 14.0 Å². The Hall–Kier alpha value is -2.47. The van der Waals surface area contributed by atoms with E-state index in [2.05, 4.69) is 10.3 Å². The van der Waals surface area contributed by atoms with E-state index in [0.29, 0.717) is 43.5 Å². The minimum absolute atomic E-state index is 0.0255. The number of piperidine rings is 1. The van der Waals surface area contributed by atoms with E-state index in [-0.39, 0.29) is 23.4 Å². The quantitative estimate of drug-likeness (QED) is 0.777. The topological polar surface area (TPSA) is 62.3 Å². The molecular weight excluding hydrogens is 417 g/mol. The van der Waals surface area contributed by atoms with Crippen LogP contribution in [0.5, 0.6) is 0 Å². The first kappa shape index (κ1) is 21.8. The Morgan fingerprint density at radius 3 is 2.48 bits per heavy atom. The second kappa shape index (κ2) is 8.58. The third kappa shape index (κ3) is 3.71. The normalized spacial score (nSPS) is 22.9. The van der Waals surface area contributed by atoms with Crippen LogP contribution >= 0.6 is 11.6 Å². The van der Waals surface area contributed by atoms with Gasteiger partial charge in [-0.15, -0.1) is 0 Å². The summed E-state index contributed by atoms with van der Waals surface area (Å²) >= 11 is 6.42. The van der Waals surface area contributed by atoms with E-state index in [0.717, 1.165) is 12.8 Å². The number of likely N-dealkylation sites (N-methyl/N-ethyl adjacent to an activating group) is 1. The van der Waals surface area contributed by atoms with E-state index in [1.165, 1.54) is 12.1 Å². The summed E-state index contributed by atoms with van der Waals surface area (Å²) in [6.07, 6.45) is 6.16. The Bertz CT molecular complexity index is 978. The van der Waals surface area contributed by atoms with Crippen molar-refractivity contribution in [1.29, 1.82) is 0 Å². The average Bonchev–Trinajstić information content (AvgIpc) is 3.29. The maximum atomic E-state index is 14.0. The molecule has 2 amide bonds. The number of halogens is 2. The summed E-state index contributed by atoms with van der Waals surface area (Å²) in [5, 5.41) is 3.07. The highest BCUT2D eigenvalue weighted by atomic mass is 35.5. The van der Waals surface area contributed by atoms with Gasteiger partial charge in [-0.05, 0) is 55.5 Å². The van der Waals surface area contributed by atoms with Gasteiger partial charge in [-0.3, -0.25) is 14.6 Å². The van der Waals surface area contributed by atoms with Crippen LogP contribution < -0.4 is 5.32 Å². The number of amides is 2.